The molecule has 0 aliphatic carbocycles. The number of anilines is 1. The Morgan fingerprint density at radius 1 is 0.913 bits per heavy atom. The summed E-state index contributed by atoms with van der Waals surface area (Å²) in [5.74, 6) is 0. The molecular formula is C19H24N2O2. The summed E-state index contributed by atoms with van der Waals surface area (Å²) < 4.78 is 5.39. The number of nitrogens with one attached hydrogen (secondary N) is 1. The van der Waals surface area contributed by atoms with Crippen molar-refractivity contribution < 1.29 is 9.84 Å². The van der Waals surface area contributed by atoms with E-state index in [0.717, 1.165) is 50.5 Å². The molecule has 1 fully saturated rings. The van der Waals surface area contributed by atoms with E-state index in [2.05, 4.69) is 40.5 Å². The number of aliphatic hydroxyl groups excluding tert-OH is 1. The summed E-state index contributed by atoms with van der Waals surface area (Å²) in [5.41, 5.74) is 4.67. The average Bonchev–Trinajstić information content (AvgIpc) is 2.63. The first kappa shape index (κ1) is 16.0. The minimum atomic E-state index is 0.0894. The maximum absolute atomic E-state index is 9.35. The molecular weight excluding hydrogens is 288 g/mol. The van der Waals surface area contributed by atoms with Gasteiger partial charge in [-0.15, -0.1) is 0 Å². The van der Waals surface area contributed by atoms with Gasteiger partial charge in [0.15, 0.2) is 0 Å². The summed E-state index contributed by atoms with van der Waals surface area (Å²) in [4.78, 5) is 2.36. The Bertz CT molecular complexity index is 607. The van der Waals surface area contributed by atoms with Gasteiger partial charge >= 0.3 is 0 Å². The van der Waals surface area contributed by atoms with E-state index in [4.69, 9.17) is 4.74 Å². The van der Waals surface area contributed by atoms with Gasteiger partial charge in [0.25, 0.3) is 0 Å². The Balaban J connectivity index is 1.52. The van der Waals surface area contributed by atoms with Gasteiger partial charge in [0, 0.05) is 31.9 Å². The molecule has 2 aromatic carbocycles. The topological polar surface area (TPSA) is 44.7 Å². The lowest BCUT2D eigenvalue weighted by atomic mass is 10.1. The van der Waals surface area contributed by atoms with Gasteiger partial charge in [-0.2, -0.15) is 0 Å². The SMILES string of the molecule is OCc1ccccc1CNCc1ccc(N2CCOCC2)cc1. The fourth-order valence-corrected chi connectivity index (χ4v) is 2.87. The first-order valence-corrected chi connectivity index (χ1v) is 8.17. The van der Waals surface area contributed by atoms with Crippen molar-refractivity contribution in [2.24, 2.45) is 0 Å². The fraction of sp³-hybridized carbons (Fsp3) is 0.368. The van der Waals surface area contributed by atoms with E-state index in [9.17, 15) is 5.11 Å². The van der Waals surface area contributed by atoms with Crippen molar-refractivity contribution in [3.05, 3.63) is 65.2 Å². The summed E-state index contributed by atoms with van der Waals surface area (Å²) in [7, 11) is 0. The van der Waals surface area contributed by atoms with Crippen molar-refractivity contribution in [3.8, 4) is 0 Å². The highest BCUT2D eigenvalue weighted by Crippen LogP contribution is 2.17. The quantitative estimate of drug-likeness (QED) is 0.859. The monoisotopic (exact) mass is 312 g/mol. The van der Waals surface area contributed by atoms with Crippen molar-refractivity contribution >= 4 is 5.69 Å². The number of aliphatic hydroxyl groups is 1. The number of rotatable bonds is 6. The lowest BCUT2D eigenvalue weighted by molar-refractivity contribution is 0.122. The van der Waals surface area contributed by atoms with E-state index in [1.807, 2.05) is 18.2 Å². The Labute approximate surface area is 137 Å². The minimum absolute atomic E-state index is 0.0894. The van der Waals surface area contributed by atoms with Gasteiger partial charge in [0.2, 0.25) is 0 Å². The van der Waals surface area contributed by atoms with E-state index < -0.39 is 0 Å². The zero-order chi connectivity index (χ0) is 15.9. The zero-order valence-electron chi connectivity index (χ0n) is 13.4. The fourth-order valence-electron chi connectivity index (χ4n) is 2.87. The first-order chi connectivity index (χ1) is 11.4. The summed E-state index contributed by atoms with van der Waals surface area (Å²) in [6, 6.07) is 16.7. The third-order valence-corrected chi connectivity index (χ3v) is 4.25. The Kier molecular flexibility index (Phi) is 5.64. The summed E-state index contributed by atoms with van der Waals surface area (Å²) in [6.45, 7) is 5.24. The molecule has 0 spiro atoms. The maximum Gasteiger partial charge on any atom is 0.0685 e. The lowest BCUT2D eigenvalue weighted by Gasteiger charge is -2.28. The van der Waals surface area contributed by atoms with Crippen LogP contribution >= 0.6 is 0 Å². The predicted molar refractivity (Wildman–Crippen MR) is 92.4 cm³/mol. The van der Waals surface area contributed by atoms with Crippen LogP contribution in [0.25, 0.3) is 0 Å². The second kappa shape index (κ2) is 8.11. The van der Waals surface area contributed by atoms with Crippen LogP contribution in [0.15, 0.2) is 48.5 Å². The van der Waals surface area contributed by atoms with Crippen LogP contribution in [-0.4, -0.2) is 31.4 Å². The summed E-state index contributed by atoms with van der Waals surface area (Å²) >= 11 is 0. The minimum Gasteiger partial charge on any atom is -0.392 e. The van der Waals surface area contributed by atoms with Gasteiger partial charge < -0.3 is 20.1 Å². The molecule has 23 heavy (non-hydrogen) atoms. The second-order valence-electron chi connectivity index (χ2n) is 5.80. The van der Waals surface area contributed by atoms with E-state index in [1.54, 1.807) is 0 Å². The smallest absolute Gasteiger partial charge is 0.0685 e. The number of nitrogens with zero attached hydrogens (tertiary/aromatic N) is 1. The Morgan fingerprint density at radius 3 is 2.30 bits per heavy atom. The predicted octanol–water partition coefficient (Wildman–Crippen LogP) is 2.31. The normalized spacial score (nSPS) is 14.9. The molecule has 2 N–H and O–H groups in total. The summed E-state index contributed by atoms with van der Waals surface area (Å²) in [5, 5.41) is 12.8. The van der Waals surface area contributed by atoms with Crippen LogP contribution in [0, 0.1) is 0 Å². The van der Waals surface area contributed by atoms with Gasteiger partial charge in [-0.1, -0.05) is 36.4 Å². The van der Waals surface area contributed by atoms with Gasteiger partial charge in [-0.3, -0.25) is 0 Å². The molecule has 1 saturated heterocycles. The van der Waals surface area contributed by atoms with Crippen molar-refractivity contribution in [2.75, 3.05) is 31.2 Å². The first-order valence-electron chi connectivity index (χ1n) is 8.17. The molecule has 4 nitrogen and oxygen atoms in total. The Morgan fingerprint density at radius 2 is 1.61 bits per heavy atom. The molecule has 1 aliphatic rings. The molecule has 0 amide bonds. The van der Waals surface area contributed by atoms with Gasteiger partial charge in [0.1, 0.15) is 0 Å². The number of ether oxygens (including phenoxy) is 1. The highest BCUT2D eigenvalue weighted by molar-refractivity contribution is 5.47. The van der Waals surface area contributed by atoms with Gasteiger partial charge in [0.05, 0.1) is 19.8 Å². The highest BCUT2D eigenvalue weighted by atomic mass is 16.5. The molecule has 122 valence electrons. The van der Waals surface area contributed by atoms with Crippen LogP contribution in [-0.2, 0) is 24.4 Å². The number of hydrogen-bond donors (Lipinski definition) is 2. The lowest BCUT2D eigenvalue weighted by Crippen LogP contribution is -2.36. The van der Waals surface area contributed by atoms with Crippen LogP contribution in [0.4, 0.5) is 5.69 Å². The van der Waals surface area contributed by atoms with Crippen LogP contribution in [0.1, 0.15) is 16.7 Å². The van der Waals surface area contributed by atoms with Crippen LogP contribution < -0.4 is 10.2 Å². The van der Waals surface area contributed by atoms with Gasteiger partial charge in [-0.05, 0) is 28.8 Å². The molecule has 0 bridgehead atoms. The zero-order valence-corrected chi connectivity index (χ0v) is 13.4. The number of hydrogen-bond acceptors (Lipinski definition) is 4. The van der Waals surface area contributed by atoms with E-state index in [1.165, 1.54) is 11.3 Å². The Hall–Kier alpha value is -1.88. The molecule has 0 atom stereocenters. The maximum atomic E-state index is 9.35. The second-order valence-corrected chi connectivity index (χ2v) is 5.80. The number of benzene rings is 2. The van der Waals surface area contributed by atoms with Crippen LogP contribution in [0.5, 0.6) is 0 Å². The third kappa shape index (κ3) is 4.32. The number of morpholine rings is 1. The molecule has 0 saturated carbocycles. The largest absolute Gasteiger partial charge is 0.392 e. The van der Waals surface area contributed by atoms with E-state index in [0.29, 0.717) is 0 Å². The van der Waals surface area contributed by atoms with E-state index in [-0.39, 0.29) is 6.61 Å². The molecule has 3 rings (SSSR count). The average molecular weight is 312 g/mol. The highest BCUT2D eigenvalue weighted by Gasteiger charge is 2.10. The molecule has 0 aromatic heterocycles. The van der Waals surface area contributed by atoms with Crippen LogP contribution in [0.2, 0.25) is 0 Å². The van der Waals surface area contributed by atoms with Crippen LogP contribution in [0.3, 0.4) is 0 Å². The summed E-state index contributed by atoms with van der Waals surface area (Å²) in [6.07, 6.45) is 0. The molecule has 2 aromatic rings. The van der Waals surface area contributed by atoms with Crippen molar-refractivity contribution in [1.82, 2.24) is 5.32 Å². The molecule has 0 unspecified atom stereocenters. The molecule has 1 heterocycles. The van der Waals surface area contributed by atoms with Gasteiger partial charge in [-0.25, -0.2) is 0 Å². The molecule has 1 aliphatic heterocycles. The van der Waals surface area contributed by atoms with Crippen molar-refractivity contribution in [1.29, 1.82) is 0 Å². The van der Waals surface area contributed by atoms with Crippen molar-refractivity contribution in [3.63, 3.8) is 0 Å². The molecule has 0 radical (unpaired) electrons. The third-order valence-electron chi connectivity index (χ3n) is 4.25. The standard InChI is InChI=1S/C19H24N2O2/c22-15-18-4-2-1-3-17(18)14-20-13-16-5-7-19(8-6-16)21-9-11-23-12-10-21/h1-8,20,22H,9-15H2. The molecule has 4 heteroatoms. The van der Waals surface area contributed by atoms with E-state index >= 15 is 0 Å². The van der Waals surface area contributed by atoms with Crippen molar-refractivity contribution in [2.45, 2.75) is 19.7 Å².